The molecule has 7 nitrogen and oxygen atoms in total. The zero-order valence-electron chi connectivity index (χ0n) is 17.8. The molecule has 2 aliphatic rings. The summed E-state index contributed by atoms with van der Waals surface area (Å²) in [6.07, 6.45) is 2.57. The molecule has 1 aromatic rings. The number of nitrogens with one attached hydrogen (secondary N) is 1. The molecule has 1 N–H and O–H groups in total. The standard InChI is InChI=1S/C21H34N4O3.HI/c1-22-21(25-10-13-28-20(16-25)19-8-5-11-27-19)23-15-17-6-4-7-18(14-17)26-12-9-24(2)3;/h4,6-7,14,19-20H,5,8-13,15-16H2,1-3H3,(H,22,23);1H. The minimum atomic E-state index is 0. The van der Waals surface area contributed by atoms with Gasteiger partial charge in [0, 0.05) is 39.8 Å². The van der Waals surface area contributed by atoms with Gasteiger partial charge < -0.3 is 29.3 Å². The maximum Gasteiger partial charge on any atom is 0.194 e. The Labute approximate surface area is 191 Å². The van der Waals surface area contributed by atoms with Crippen molar-refractivity contribution >= 4 is 29.9 Å². The van der Waals surface area contributed by atoms with Crippen LogP contribution in [-0.4, -0.2) is 88.6 Å². The summed E-state index contributed by atoms with van der Waals surface area (Å²) < 4.78 is 17.6. The first-order valence-corrected chi connectivity index (χ1v) is 10.2. The van der Waals surface area contributed by atoms with Crippen LogP contribution in [0.2, 0.25) is 0 Å². The zero-order chi connectivity index (χ0) is 19.8. The highest BCUT2D eigenvalue weighted by molar-refractivity contribution is 14.0. The topological polar surface area (TPSA) is 58.6 Å². The number of aliphatic imine (C=N–C) groups is 1. The Morgan fingerprint density at radius 1 is 1.28 bits per heavy atom. The number of likely N-dealkylation sites (N-methyl/N-ethyl adjacent to an activating group) is 1. The molecule has 0 radical (unpaired) electrons. The summed E-state index contributed by atoms with van der Waals surface area (Å²) in [6, 6.07) is 8.23. The highest BCUT2D eigenvalue weighted by Crippen LogP contribution is 2.21. The number of morpholine rings is 1. The molecule has 2 unspecified atom stereocenters. The van der Waals surface area contributed by atoms with Gasteiger partial charge in [-0.2, -0.15) is 0 Å². The Morgan fingerprint density at radius 3 is 2.83 bits per heavy atom. The van der Waals surface area contributed by atoms with Crippen molar-refractivity contribution in [2.75, 3.05) is 60.6 Å². The van der Waals surface area contributed by atoms with Crippen LogP contribution in [0.1, 0.15) is 18.4 Å². The molecule has 2 heterocycles. The lowest BCUT2D eigenvalue weighted by Gasteiger charge is -2.37. The number of nitrogens with zero attached hydrogens (tertiary/aromatic N) is 3. The van der Waals surface area contributed by atoms with Crippen LogP contribution in [-0.2, 0) is 16.0 Å². The molecule has 0 spiro atoms. The van der Waals surface area contributed by atoms with Crippen LogP contribution >= 0.6 is 24.0 Å². The predicted octanol–water partition coefficient (Wildman–Crippen LogP) is 2.20. The van der Waals surface area contributed by atoms with Gasteiger partial charge in [-0.25, -0.2) is 0 Å². The van der Waals surface area contributed by atoms with Crippen molar-refractivity contribution in [3.8, 4) is 5.75 Å². The lowest BCUT2D eigenvalue weighted by atomic mass is 10.1. The van der Waals surface area contributed by atoms with Gasteiger partial charge in [-0.3, -0.25) is 4.99 Å². The number of hydrogen-bond donors (Lipinski definition) is 1. The molecule has 0 aliphatic carbocycles. The number of benzene rings is 1. The largest absolute Gasteiger partial charge is 0.492 e. The monoisotopic (exact) mass is 518 g/mol. The van der Waals surface area contributed by atoms with Crippen molar-refractivity contribution in [1.29, 1.82) is 0 Å². The summed E-state index contributed by atoms with van der Waals surface area (Å²) in [5, 5.41) is 3.48. The molecule has 0 amide bonds. The van der Waals surface area contributed by atoms with E-state index in [1.807, 2.05) is 33.3 Å². The normalized spacial score (nSPS) is 22.5. The molecule has 3 rings (SSSR count). The van der Waals surface area contributed by atoms with E-state index in [1.54, 1.807) is 0 Å². The molecule has 8 heteroatoms. The summed E-state index contributed by atoms with van der Waals surface area (Å²) >= 11 is 0. The van der Waals surface area contributed by atoms with Crippen molar-refractivity contribution in [3.05, 3.63) is 29.8 Å². The second-order valence-electron chi connectivity index (χ2n) is 7.61. The van der Waals surface area contributed by atoms with Crippen LogP contribution in [0.3, 0.4) is 0 Å². The van der Waals surface area contributed by atoms with E-state index in [1.165, 1.54) is 5.56 Å². The third-order valence-electron chi connectivity index (χ3n) is 5.14. The third kappa shape index (κ3) is 7.58. The Bertz CT molecular complexity index is 638. The van der Waals surface area contributed by atoms with Crippen LogP contribution in [0, 0.1) is 0 Å². The third-order valence-corrected chi connectivity index (χ3v) is 5.14. The molecule has 2 aliphatic heterocycles. The van der Waals surface area contributed by atoms with Gasteiger partial charge in [0.05, 0.1) is 12.7 Å². The van der Waals surface area contributed by atoms with Gasteiger partial charge in [0.15, 0.2) is 5.96 Å². The number of ether oxygens (including phenoxy) is 3. The van der Waals surface area contributed by atoms with Crippen LogP contribution in [0.4, 0.5) is 0 Å². The molecular formula is C21H35IN4O3. The molecule has 0 bridgehead atoms. The predicted molar refractivity (Wildman–Crippen MR) is 126 cm³/mol. The Balaban J connectivity index is 0.00000300. The fourth-order valence-electron chi connectivity index (χ4n) is 3.59. The summed E-state index contributed by atoms with van der Waals surface area (Å²) in [5.74, 6) is 1.81. The molecule has 2 fully saturated rings. The van der Waals surface area contributed by atoms with E-state index in [4.69, 9.17) is 14.2 Å². The molecule has 164 valence electrons. The average Bonchev–Trinajstić information content (AvgIpc) is 3.24. The smallest absolute Gasteiger partial charge is 0.194 e. The molecule has 0 aromatic heterocycles. The van der Waals surface area contributed by atoms with Crippen molar-refractivity contribution in [3.63, 3.8) is 0 Å². The van der Waals surface area contributed by atoms with Crippen LogP contribution in [0.5, 0.6) is 5.75 Å². The van der Waals surface area contributed by atoms with Gasteiger partial charge in [0.25, 0.3) is 0 Å². The zero-order valence-corrected chi connectivity index (χ0v) is 20.1. The highest BCUT2D eigenvalue weighted by Gasteiger charge is 2.32. The van der Waals surface area contributed by atoms with Crippen molar-refractivity contribution in [2.45, 2.75) is 31.6 Å². The molecule has 29 heavy (non-hydrogen) atoms. The van der Waals surface area contributed by atoms with Gasteiger partial charge in [0.1, 0.15) is 18.5 Å². The minimum absolute atomic E-state index is 0. The minimum Gasteiger partial charge on any atom is -0.492 e. The summed E-state index contributed by atoms with van der Waals surface area (Å²) in [5.41, 5.74) is 1.17. The first kappa shape index (κ1) is 24.2. The highest BCUT2D eigenvalue weighted by atomic mass is 127. The molecule has 1 aromatic carbocycles. The molecule has 0 saturated carbocycles. The Hall–Kier alpha value is -1.10. The van der Waals surface area contributed by atoms with E-state index in [2.05, 4.69) is 32.2 Å². The van der Waals surface area contributed by atoms with Crippen molar-refractivity contribution < 1.29 is 14.2 Å². The molecule has 2 atom stereocenters. The van der Waals surface area contributed by atoms with Crippen LogP contribution in [0.15, 0.2) is 29.3 Å². The van der Waals surface area contributed by atoms with Crippen LogP contribution < -0.4 is 10.1 Å². The SMILES string of the molecule is CN=C(NCc1cccc(OCCN(C)C)c1)N1CCOC(C2CCCO2)C1.I. The fraction of sp³-hybridized carbons (Fsp3) is 0.667. The summed E-state index contributed by atoms with van der Waals surface area (Å²) in [4.78, 5) is 8.86. The fourth-order valence-corrected chi connectivity index (χ4v) is 3.59. The second-order valence-corrected chi connectivity index (χ2v) is 7.61. The van der Waals surface area contributed by atoms with E-state index in [-0.39, 0.29) is 36.2 Å². The Morgan fingerprint density at radius 2 is 2.10 bits per heavy atom. The number of guanidine groups is 1. The summed E-state index contributed by atoms with van der Waals surface area (Å²) in [6.45, 7) is 5.51. The number of hydrogen-bond acceptors (Lipinski definition) is 5. The second kappa shape index (κ2) is 12.6. The maximum absolute atomic E-state index is 5.95. The Kier molecular flexibility index (Phi) is 10.5. The van der Waals surface area contributed by atoms with Gasteiger partial charge in [-0.05, 0) is 44.6 Å². The van der Waals surface area contributed by atoms with E-state index < -0.39 is 0 Å². The molecular weight excluding hydrogens is 483 g/mol. The lowest BCUT2D eigenvalue weighted by molar-refractivity contribution is -0.0817. The van der Waals surface area contributed by atoms with Crippen molar-refractivity contribution in [2.24, 2.45) is 4.99 Å². The van der Waals surface area contributed by atoms with E-state index in [9.17, 15) is 0 Å². The van der Waals surface area contributed by atoms with E-state index in [0.29, 0.717) is 19.8 Å². The first-order chi connectivity index (χ1) is 13.7. The number of halogens is 1. The van der Waals surface area contributed by atoms with Gasteiger partial charge in [-0.1, -0.05) is 12.1 Å². The van der Waals surface area contributed by atoms with Gasteiger partial charge >= 0.3 is 0 Å². The number of rotatable bonds is 7. The average molecular weight is 518 g/mol. The molecule has 2 saturated heterocycles. The quantitative estimate of drug-likeness (QED) is 0.340. The first-order valence-electron chi connectivity index (χ1n) is 10.2. The van der Waals surface area contributed by atoms with Crippen LogP contribution in [0.25, 0.3) is 0 Å². The van der Waals surface area contributed by atoms with E-state index >= 15 is 0 Å². The van der Waals surface area contributed by atoms with Gasteiger partial charge in [0.2, 0.25) is 0 Å². The maximum atomic E-state index is 5.95. The lowest BCUT2D eigenvalue weighted by Crippen LogP contribution is -2.53. The van der Waals surface area contributed by atoms with Gasteiger partial charge in [-0.15, -0.1) is 24.0 Å². The van der Waals surface area contributed by atoms with E-state index in [0.717, 1.165) is 50.8 Å². The summed E-state index contributed by atoms with van der Waals surface area (Å²) in [7, 11) is 5.92. The van der Waals surface area contributed by atoms with Crippen molar-refractivity contribution in [1.82, 2.24) is 15.1 Å².